The van der Waals surface area contributed by atoms with E-state index in [1.54, 1.807) is 0 Å². The van der Waals surface area contributed by atoms with Gasteiger partial charge in [-0.15, -0.1) is 0 Å². The van der Waals surface area contributed by atoms with Crippen molar-refractivity contribution < 1.29 is 5.11 Å². The maximum absolute atomic E-state index is 8.80. The number of hydrogen-bond acceptors (Lipinski definition) is 5. The van der Waals surface area contributed by atoms with Crippen molar-refractivity contribution in [3.8, 4) is 0 Å². The van der Waals surface area contributed by atoms with E-state index in [-0.39, 0.29) is 12.0 Å². The molecule has 5 nitrogen and oxygen atoms in total. The van der Waals surface area contributed by atoms with Crippen LogP contribution in [0.25, 0.3) is 0 Å². The SMILES string of the molecule is Cc1c(N)nc(C(C)(C)C)nc1N(C)CCCCCO. The summed E-state index contributed by atoms with van der Waals surface area (Å²) in [4.78, 5) is 11.2. The van der Waals surface area contributed by atoms with E-state index in [9.17, 15) is 0 Å². The van der Waals surface area contributed by atoms with Crippen molar-refractivity contribution in [3.05, 3.63) is 11.4 Å². The second kappa shape index (κ2) is 6.88. The quantitative estimate of drug-likeness (QED) is 0.782. The van der Waals surface area contributed by atoms with Crippen LogP contribution in [0.4, 0.5) is 11.6 Å². The summed E-state index contributed by atoms with van der Waals surface area (Å²) in [6.45, 7) is 9.38. The van der Waals surface area contributed by atoms with E-state index in [4.69, 9.17) is 10.8 Å². The van der Waals surface area contributed by atoms with Gasteiger partial charge in [0.15, 0.2) is 0 Å². The molecule has 3 N–H and O–H groups in total. The van der Waals surface area contributed by atoms with E-state index in [2.05, 4.69) is 35.6 Å². The standard InChI is InChI=1S/C15H28N4O/c1-11-12(16)17-14(15(2,3)4)18-13(11)19(5)9-7-6-8-10-20/h20H,6-10H2,1-5H3,(H2,16,17,18). The first kappa shape index (κ1) is 16.7. The molecule has 1 aromatic rings. The Morgan fingerprint density at radius 2 is 1.80 bits per heavy atom. The van der Waals surface area contributed by atoms with Gasteiger partial charge in [0.2, 0.25) is 0 Å². The molecular weight excluding hydrogens is 252 g/mol. The molecule has 1 rings (SSSR count). The number of nitrogens with two attached hydrogens (primary N) is 1. The maximum Gasteiger partial charge on any atom is 0.138 e. The third-order valence-electron chi connectivity index (χ3n) is 3.34. The van der Waals surface area contributed by atoms with Crippen LogP contribution in [0.15, 0.2) is 0 Å². The average Bonchev–Trinajstić information content (AvgIpc) is 2.36. The van der Waals surface area contributed by atoms with Crippen molar-refractivity contribution >= 4 is 11.6 Å². The molecule has 0 atom stereocenters. The van der Waals surface area contributed by atoms with Crippen LogP contribution in [0.3, 0.4) is 0 Å². The Balaban J connectivity index is 2.90. The fraction of sp³-hybridized carbons (Fsp3) is 0.733. The highest BCUT2D eigenvalue weighted by atomic mass is 16.2. The Morgan fingerprint density at radius 1 is 1.15 bits per heavy atom. The van der Waals surface area contributed by atoms with Crippen molar-refractivity contribution in [2.45, 2.75) is 52.4 Å². The van der Waals surface area contributed by atoms with Gasteiger partial charge in [0.05, 0.1) is 0 Å². The van der Waals surface area contributed by atoms with E-state index in [0.29, 0.717) is 5.82 Å². The molecule has 0 aliphatic heterocycles. The van der Waals surface area contributed by atoms with Crippen LogP contribution < -0.4 is 10.6 Å². The third kappa shape index (κ3) is 4.34. The van der Waals surface area contributed by atoms with Crippen molar-refractivity contribution in [1.29, 1.82) is 0 Å². The van der Waals surface area contributed by atoms with Gasteiger partial charge in [0.25, 0.3) is 0 Å². The molecule has 0 radical (unpaired) electrons. The summed E-state index contributed by atoms with van der Waals surface area (Å²) in [5.41, 5.74) is 6.84. The molecule has 1 heterocycles. The minimum Gasteiger partial charge on any atom is -0.396 e. The van der Waals surface area contributed by atoms with Gasteiger partial charge in [-0.05, 0) is 26.2 Å². The van der Waals surface area contributed by atoms with E-state index in [0.717, 1.165) is 43.0 Å². The number of rotatable bonds is 6. The van der Waals surface area contributed by atoms with Crippen molar-refractivity contribution in [3.63, 3.8) is 0 Å². The van der Waals surface area contributed by atoms with Gasteiger partial charge >= 0.3 is 0 Å². The predicted molar refractivity (Wildman–Crippen MR) is 84.1 cm³/mol. The van der Waals surface area contributed by atoms with Gasteiger partial charge in [-0.25, -0.2) is 9.97 Å². The molecule has 0 aliphatic carbocycles. The van der Waals surface area contributed by atoms with Crippen LogP contribution in [0.2, 0.25) is 0 Å². The minimum atomic E-state index is -0.117. The molecule has 0 aliphatic rings. The van der Waals surface area contributed by atoms with Gasteiger partial charge in [0.1, 0.15) is 17.5 Å². The van der Waals surface area contributed by atoms with E-state index in [1.165, 1.54) is 0 Å². The topological polar surface area (TPSA) is 75.3 Å². The number of aromatic nitrogens is 2. The summed E-state index contributed by atoms with van der Waals surface area (Å²) >= 11 is 0. The molecule has 0 aromatic carbocycles. The molecule has 0 fully saturated rings. The average molecular weight is 280 g/mol. The molecule has 0 spiro atoms. The molecule has 0 saturated carbocycles. The van der Waals surface area contributed by atoms with Crippen LogP contribution in [-0.2, 0) is 5.41 Å². The van der Waals surface area contributed by atoms with Crippen molar-refractivity contribution in [2.24, 2.45) is 0 Å². The first-order valence-electron chi connectivity index (χ1n) is 7.24. The van der Waals surface area contributed by atoms with Gasteiger partial charge in [-0.3, -0.25) is 0 Å². The molecule has 0 unspecified atom stereocenters. The summed E-state index contributed by atoms with van der Waals surface area (Å²) in [6, 6.07) is 0. The molecule has 0 bridgehead atoms. The Labute approximate surface area is 122 Å². The molecule has 5 heteroatoms. The highest BCUT2D eigenvalue weighted by Crippen LogP contribution is 2.26. The Hall–Kier alpha value is -1.36. The smallest absolute Gasteiger partial charge is 0.138 e. The summed E-state index contributed by atoms with van der Waals surface area (Å²) in [7, 11) is 2.03. The van der Waals surface area contributed by atoms with Crippen LogP contribution in [0.1, 0.15) is 51.4 Å². The Bertz CT molecular complexity index is 440. The third-order valence-corrected chi connectivity index (χ3v) is 3.34. The fourth-order valence-corrected chi connectivity index (χ4v) is 1.97. The minimum absolute atomic E-state index is 0.117. The van der Waals surface area contributed by atoms with Crippen LogP contribution in [0.5, 0.6) is 0 Å². The number of unbranched alkanes of at least 4 members (excludes halogenated alkanes) is 2. The largest absolute Gasteiger partial charge is 0.396 e. The monoisotopic (exact) mass is 280 g/mol. The lowest BCUT2D eigenvalue weighted by Crippen LogP contribution is -2.25. The van der Waals surface area contributed by atoms with Crippen LogP contribution >= 0.6 is 0 Å². The molecular formula is C15H28N4O. The van der Waals surface area contributed by atoms with Crippen LogP contribution in [0, 0.1) is 6.92 Å². The summed E-state index contributed by atoms with van der Waals surface area (Å²) in [5, 5.41) is 8.80. The second-order valence-electron chi connectivity index (χ2n) is 6.34. The first-order valence-corrected chi connectivity index (χ1v) is 7.24. The first-order chi connectivity index (χ1) is 9.27. The zero-order valence-electron chi connectivity index (χ0n) is 13.4. The molecule has 1 aromatic heterocycles. The lowest BCUT2D eigenvalue weighted by atomic mass is 9.95. The van der Waals surface area contributed by atoms with E-state index < -0.39 is 0 Å². The predicted octanol–water partition coefficient (Wildman–Crippen LogP) is 2.26. The molecule has 0 saturated heterocycles. The lowest BCUT2D eigenvalue weighted by molar-refractivity contribution is 0.283. The second-order valence-corrected chi connectivity index (χ2v) is 6.34. The number of hydrogen-bond donors (Lipinski definition) is 2. The van der Waals surface area contributed by atoms with Crippen molar-refractivity contribution in [1.82, 2.24) is 9.97 Å². The van der Waals surface area contributed by atoms with E-state index in [1.807, 2.05) is 14.0 Å². The normalized spacial score (nSPS) is 11.7. The number of anilines is 2. The van der Waals surface area contributed by atoms with Crippen molar-refractivity contribution in [2.75, 3.05) is 30.8 Å². The van der Waals surface area contributed by atoms with Gasteiger partial charge in [-0.1, -0.05) is 20.8 Å². The number of nitrogen functional groups attached to an aromatic ring is 1. The highest BCUT2D eigenvalue weighted by Gasteiger charge is 2.21. The van der Waals surface area contributed by atoms with Gasteiger partial charge in [0, 0.05) is 31.2 Å². The molecule has 20 heavy (non-hydrogen) atoms. The van der Waals surface area contributed by atoms with Crippen LogP contribution in [-0.4, -0.2) is 35.3 Å². The Morgan fingerprint density at radius 3 is 2.35 bits per heavy atom. The molecule has 0 amide bonds. The molecule has 114 valence electrons. The zero-order chi connectivity index (χ0) is 15.3. The maximum atomic E-state index is 8.80. The number of aliphatic hydroxyl groups excluding tert-OH is 1. The van der Waals surface area contributed by atoms with Gasteiger partial charge < -0.3 is 15.7 Å². The Kier molecular flexibility index (Phi) is 5.74. The fourth-order valence-electron chi connectivity index (χ4n) is 1.97. The number of aliphatic hydroxyl groups is 1. The summed E-state index contributed by atoms with van der Waals surface area (Å²) < 4.78 is 0. The van der Waals surface area contributed by atoms with E-state index >= 15 is 0 Å². The zero-order valence-corrected chi connectivity index (χ0v) is 13.4. The highest BCUT2D eigenvalue weighted by molar-refractivity contribution is 5.56. The summed E-state index contributed by atoms with van der Waals surface area (Å²) in [6.07, 6.45) is 2.91. The number of nitrogens with zero attached hydrogens (tertiary/aromatic N) is 3. The summed E-state index contributed by atoms with van der Waals surface area (Å²) in [5.74, 6) is 2.24. The lowest BCUT2D eigenvalue weighted by Gasteiger charge is -2.24. The van der Waals surface area contributed by atoms with Gasteiger partial charge in [-0.2, -0.15) is 0 Å².